The van der Waals surface area contributed by atoms with Crippen LogP contribution in [0.4, 0.5) is 0 Å². The van der Waals surface area contributed by atoms with Crippen molar-refractivity contribution < 1.29 is 0 Å². The largest absolute Gasteiger partial charge is 0.0620 e. The fraction of sp³-hybridized carbons (Fsp3) is 0.333. The Balaban J connectivity index is 2.26. The van der Waals surface area contributed by atoms with Gasteiger partial charge in [-0.15, -0.1) is 0 Å². The summed E-state index contributed by atoms with van der Waals surface area (Å²) in [5, 5.41) is 0. The summed E-state index contributed by atoms with van der Waals surface area (Å²) in [6.45, 7) is 9.01. The Morgan fingerprint density at radius 3 is 2.00 bits per heavy atom. The fourth-order valence-electron chi connectivity index (χ4n) is 2.31. The molecule has 0 aliphatic rings. The Morgan fingerprint density at radius 2 is 1.44 bits per heavy atom. The van der Waals surface area contributed by atoms with Gasteiger partial charge in [0.15, 0.2) is 0 Å². The van der Waals surface area contributed by atoms with Crippen molar-refractivity contribution in [3.8, 4) is 11.1 Å². The molecule has 0 radical (unpaired) electrons. The van der Waals surface area contributed by atoms with Crippen LogP contribution in [0.5, 0.6) is 0 Å². The minimum absolute atomic E-state index is 0.351. The third-order valence-electron chi connectivity index (χ3n) is 3.14. The molecule has 0 aromatic heterocycles. The molecule has 0 unspecified atom stereocenters. The zero-order valence-electron chi connectivity index (χ0n) is 11.8. The molecule has 2 aromatic carbocycles. The molecular weight excluding hydrogens is 216 g/mol. The first-order valence-corrected chi connectivity index (χ1v) is 6.61. The molecule has 0 saturated heterocycles. The van der Waals surface area contributed by atoms with Gasteiger partial charge in [-0.05, 0) is 41.0 Å². The van der Waals surface area contributed by atoms with E-state index < -0.39 is 0 Å². The zero-order chi connectivity index (χ0) is 13.2. The molecule has 0 spiro atoms. The summed E-state index contributed by atoms with van der Waals surface area (Å²) in [6.07, 6.45) is 1.13. The predicted molar refractivity (Wildman–Crippen MR) is 79.8 cm³/mol. The van der Waals surface area contributed by atoms with Crippen molar-refractivity contribution in [2.75, 3.05) is 0 Å². The van der Waals surface area contributed by atoms with Crippen molar-refractivity contribution in [3.63, 3.8) is 0 Å². The van der Waals surface area contributed by atoms with E-state index in [4.69, 9.17) is 0 Å². The van der Waals surface area contributed by atoms with Gasteiger partial charge in [0.1, 0.15) is 0 Å². The number of rotatable bonds is 2. The van der Waals surface area contributed by atoms with E-state index in [1.54, 1.807) is 0 Å². The third kappa shape index (κ3) is 3.22. The van der Waals surface area contributed by atoms with Crippen LogP contribution in [0.2, 0.25) is 0 Å². The van der Waals surface area contributed by atoms with Gasteiger partial charge in [-0.3, -0.25) is 0 Å². The van der Waals surface area contributed by atoms with Gasteiger partial charge < -0.3 is 0 Å². The average Bonchev–Trinajstić information content (AvgIpc) is 2.29. The Kier molecular flexibility index (Phi) is 3.56. The van der Waals surface area contributed by atoms with E-state index in [-0.39, 0.29) is 0 Å². The standard InChI is InChI=1S/C18H22/c1-14-7-5-6-8-17(14)16-11-9-15(10-12-16)13-18(2,3)4/h5-12H,13H2,1-4H3. The maximum absolute atomic E-state index is 2.28. The van der Waals surface area contributed by atoms with Crippen LogP contribution in [0.25, 0.3) is 11.1 Å². The van der Waals surface area contributed by atoms with E-state index in [2.05, 4.69) is 76.2 Å². The minimum Gasteiger partial charge on any atom is -0.0620 e. The van der Waals surface area contributed by atoms with Crippen molar-refractivity contribution in [3.05, 3.63) is 59.7 Å². The number of hydrogen-bond acceptors (Lipinski definition) is 0. The molecule has 0 amide bonds. The fourth-order valence-corrected chi connectivity index (χ4v) is 2.31. The van der Waals surface area contributed by atoms with Crippen molar-refractivity contribution in [1.29, 1.82) is 0 Å². The quantitative estimate of drug-likeness (QED) is 0.670. The van der Waals surface area contributed by atoms with E-state index >= 15 is 0 Å². The summed E-state index contributed by atoms with van der Waals surface area (Å²) in [6, 6.07) is 17.5. The van der Waals surface area contributed by atoms with E-state index in [0.717, 1.165) is 6.42 Å². The lowest BCUT2D eigenvalue weighted by atomic mass is 9.87. The van der Waals surface area contributed by atoms with Gasteiger partial charge in [0, 0.05) is 0 Å². The number of benzene rings is 2. The summed E-state index contributed by atoms with van der Waals surface area (Å²) in [7, 11) is 0. The first-order valence-electron chi connectivity index (χ1n) is 6.61. The normalized spacial score (nSPS) is 11.6. The Hall–Kier alpha value is -1.56. The van der Waals surface area contributed by atoms with Gasteiger partial charge in [-0.1, -0.05) is 69.3 Å². The molecule has 0 atom stereocenters. The van der Waals surface area contributed by atoms with E-state index in [0.29, 0.717) is 5.41 Å². The SMILES string of the molecule is Cc1ccccc1-c1ccc(CC(C)(C)C)cc1. The van der Waals surface area contributed by atoms with Crippen LogP contribution in [-0.4, -0.2) is 0 Å². The molecule has 0 heteroatoms. The molecular formula is C18H22. The predicted octanol–water partition coefficient (Wildman–Crippen LogP) is 5.25. The van der Waals surface area contributed by atoms with Crippen molar-refractivity contribution in [1.82, 2.24) is 0 Å². The molecule has 2 rings (SSSR count). The molecule has 0 saturated carbocycles. The number of aryl methyl sites for hydroxylation is 1. The minimum atomic E-state index is 0.351. The molecule has 0 heterocycles. The summed E-state index contributed by atoms with van der Waals surface area (Å²) in [4.78, 5) is 0. The molecule has 18 heavy (non-hydrogen) atoms. The van der Waals surface area contributed by atoms with E-state index in [9.17, 15) is 0 Å². The van der Waals surface area contributed by atoms with Gasteiger partial charge in [-0.25, -0.2) is 0 Å². The highest BCUT2D eigenvalue weighted by molar-refractivity contribution is 5.67. The first kappa shape index (κ1) is 12.9. The first-order chi connectivity index (χ1) is 8.46. The van der Waals surface area contributed by atoms with Crippen LogP contribution in [0.1, 0.15) is 31.9 Å². The summed E-state index contributed by atoms with van der Waals surface area (Å²) >= 11 is 0. The van der Waals surface area contributed by atoms with Crippen molar-refractivity contribution >= 4 is 0 Å². The second-order valence-corrected chi connectivity index (χ2v) is 6.25. The number of hydrogen-bond donors (Lipinski definition) is 0. The molecule has 2 aromatic rings. The molecule has 94 valence electrons. The highest BCUT2D eigenvalue weighted by atomic mass is 14.2. The Bertz CT molecular complexity index is 512. The summed E-state index contributed by atoms with van der Waals surface area (Å²) < 4.78 is 0. The summed E-state index contributed by atoms with van der Waals surface area (Å²) in [5.41, 5.74) is 5.75. The van der Waals surface area contributed by atoms with Crippen LogP contribution in [0.3, 0.4) is 0 Å². The molecule has 0 aliphatic heterocycles. The van der Waals surface area contributed by atoms with Gasteiger partial charge >= 0.3 is 0 Å². The lowest BCUT2D eigenvalue weighted by Gasteiger charge is -2.18. The Labute approximate surface area is 111 Å². The van der Waals surface area contributed by atoms with Gasteiger partial charge in [0.2, 0.25) is 0 Å². The van der Waals surface area contributed by atoms with Gasteiger partial charge in [0.25, 0.3) is 0 Å². The molecule has 0 N–H and O–H groups in total. The maximum Gasteiger partial charge on any atom is -0.0155 e. The molecule has 0 bridgehead atoms. The van der Waals surface area contributed by atoms with E-state index in [1.165, 1.54) is 22.3 Å². The van der Waals surface area contributed by atoms with Gasteiger partial charge in [0.05, 0.1) is 0 Å². The lowest BCUT2D eigenvalue weighted by Crippen LogP contribution is -2.08. The highest BCUT2D eigenvalue weighted by Gasteiger charge is 2.11. The van der Waals surface area contributed by atoms with Crippen LogP contribution < -0.4 is 0 Å². The lowest BCUT2D eigenvalue weighted by molar-refractivity contribution is 0.411. The van der Waals surface area contributed by atoms with Crippen LogP contribution in [0.15, 0.2) is 48.5 Å². The van der Waals surface area contributed by atoms with Gasteiger partial charge in [-0.2, -0.15) is 0 Å². The summed E-state index contributed by atoms with van der Waals surface area (Å²) in [5.74, 6) is 0. The second-order valence-electron chi connectivity index (χ2n) is 6.25. The topological polar surface area (TPSA) is 0 Å². The Morgan fingerprint density at radius 1 is 0.833 bits per heavy atom. The smallest absolute Gasteiger partial charge is 0.0155 e. The maximum atomic E-state index is 2.28. The molecule has 0 fully saturated rings. The average molecular weight is 238 g/mol. The van der Waals surface area contributed by atoms with Crippen molar-refractivity contribution in [2.45, 2.75) is 34.1 Å². The van der Waals surface area contributed by atoms with E-state index in [1.807, 2.05) is 0 Å². The third-order valence-corrected chi connectivity index (χ3v) is 3.14. The van der Waals surface area contributed by atoms with Crippen molar-refractivity contribution in [2.24, 2.45) is 5.41 Å². The second kappa shape index (κ2) is 4.97. The zero-order valence-corrected chi connectivity index (χ0v) is 11.8. The molecule has 0 nitrogen and oxygen atoms in total. The van der Waals surface area contributed by atoms with Crippen LogP contribution in [0, 0.1) is 12.3 Å². The monoisotopic (exact) mass is 238 g/mol. The van der Waals surface area contributed by atoms with Crippen LogP contribution in [-0.2, 0) is 6.42 Å². The molecule has 0 aliphatic carbocycles. The van der Waals surface area contributed by atoms with Crippen LogP contribution >= 0.6 is 0 Å². The highest BCUT2D eigenvalue weighted by Crippen LogP contribution is 2.25.